The van der Waals surface area contributed by atoms with Crippen molar-refractivity contribution in [1.29, 1.82) is 0 Å². The van der Waals surface area contributed by atoms with E-state index in [2.05, 4.69) is 82.9 Å². The Kier molecular flexibility index (Phi) is 4.91. The van der Waals surface area contributed by atoms with Crippen LogP contribution in [0.25, 0.3) is 17.1 Å². The molecular formula is C26H24N4OSi. The van der Waals surface area contributed by atoms with Crippen LogP contribution in [-0.4, -0.2) is 28.3 Å². The topological polar surface area (TPSA) is 56.2 Å². The number of aromatic nitrogens is 3. The summed E-state index contributed by atoms with van der Waals surface area (Å²) >= 11 is 0. The van der Waals surface area contributed by atoms with Gasteiger partial charge in [0.25, 0.3) is 0 Å². The van der Waals surface area contributed by atoms with Gasteiger partial charge < -0.3 is 4.42 Å². The van der Waals surface area contributed by atoms with E-state index in [1.54, 1.807) is 6.20 Å². The molecule has 2 aromatic carbocycles. The van der Waals surface area contributed by atoms with E-state index >= 15 is 0 Å². The first-order valence-corrected chi connectivity index (χ1v) is 14.2. The maximum atomic E-state index is 5.57. The number of aliphatic imine (C=N–C) groups is 1. The molecule has 0 saturated heterocycles. The summed E-state index contributed by atoms with van der Waals surface area (Å²) in [7, 11) is -1.49. The highest BCUT2D eigenvalue weighted by Gasteiger charge is 2.27. The Morgan fingerprint density at radius 2 is 1.88 bits per heavy atom. The minimum Gasteiger partial charge on any atom is -0.442 e. The quantitative estimate of drug-likeness (QED) is 0.301. The first-order valence-electron chi connectivity index (χ1n) is 10.7. The van der Waals surface area contributed by atoms with Gasteiger partial charge in [0.05, 0.1) is 29.3 Å². The molecule has 0 saturated carbocycles. The fourth-order valence-corrected chi connectivity index (χ4v) is 4.41. The highest BCUT2D eigenvalue weighted by Crippen LogP contribution is 2.36. The largest absolute Gasteiger partial charge is 0.442 e. The zero-order valence-corrected chi connectivity index (χ0v) is 19.6. The monoisotopic (exact) mass is 436 g/mol. The maximum absolute atomic E-state index is 5.57. The van der Waals surface area contributed by atoms with Crippen LogP contribution in [-0.2, 0) is 0 Å². The van der Waals surface area contributed by atoms with Gasteiger partial charge in [0.15, 0.2) is 12.2 Å². The standard InChI is InChI=1S/C26H24N4OSi/c1-18-26-25(23-15-27-17-31-23)28-16-30(26)22-11-10-19(12-13-32(2,3)4)14-21(22)24(29-18)20-8-6-5-7-9-20/h5-11,14-18H,1-4H3/t18-/m1/s1. The lowest BCUT2D eigenvalue weighted by Gasteiger charge is -2.13. The third kappa shape index (κ3) is 3.72. The lowest BCUT2D eigenvalue weighted by Crippen LogP contribution is -2.16. The second-order valence-corrected chi connectivity index (χ2v) is 13.7. The molecular weight excluding hydrogens is 412 g/mol. The van der Waals surface area contributed by atoms with Crippen LogP contribution in [0, 0.1) is 11.5 Å². The van der Waals surface area contributed by atoms with E-state index in [0.29, 0.717) is 5.76 Å². The number of hydrogen-bond donors (Lipinski definition) is 0. The van der Waals surface area contributed by atoms with Gasteiger partial charge in [-0.15, -0.1) is 5.54 Å². The van der Waals surface area contributed by atoms with Crippen molar-refractivity contribution in [3.8, 4) is 28.6 Å². The molecule has 3 heterocycles. The van der Waals surface area contributed by atoms with Crippen LogP contribution < -0.4 is 0 Å². The van der Waals surface area contributed by atoms with Gasteiger partial charge in [-0.1, -0.05) is 55.9 Å². The van der Waals surface area contributed by atoms with E-state index in [-0.39, 0.29) is 6.04 Å². The van der Waals surface area contributed by atoms with Crippen molar-refractivity contribution in [2.45, 2.75) is 32.6 Å². The molecule has 0 fully saturated rings. The fourth-order valence-electron chi connectivity index (χ4n) is 3.90. The van der Waals surface area contributed by atoms with Crippen molar-refractivity contribution in [3.05, 3.63) is 89.8 Å². The first kappa shape index (κ1) is 20.2. The second-order valence-electron chi connectivity index (χ2n) is 8.97. The minimum atomic E-state index is -1.49. The van der Waals surface area contributed by atoms with E-state index in [1.807, 2.05) is 24.5 Å². The Balaban J connectivity index is 1.76. The van der Waals surface area contributed by atoms with Gasteiger partial charge in [-0.25, -0.2) is 9.97 Å². The molecule has 0 aliphatic carbocycles. The fraction of sp³-hybridized carbons (Fsp3) is 0.192. The average Bonchev–Trinajstić information content (AvgIpc) is 3.43. The second kappa shape index (κ2) is 7.77. The van der Waals surface area contributed by atoms with Crippen molar-refractivity contribution in [2.75, 3.05) is 0 Å². The van der Waals surface area contributed by atoms with Crippen LogP contribution in [0.3, 0.4) is 0 Å². The average molecular weight is 437 g/mol. The lowest BCUT2D eigenvalue weighted by atomic mass is 9.98. The molecule has 5 nitrogen and oxygen atoms in total. The zero-order valence-electron chi connectivity index (χ0n) is 18.6. The summed E-state index contributed by atoms with van der Waals surface area (Å²) in [5.74, 6) is 4.04. The minimum absolute atomic E-state index is 0.128. The van der Waals surface area contributed by atoms with Gasteiger partial charge in [-0.3, -0.25) is 9.56 Å². The third-order valence-corrected chi connectivity index (χ3v) is 6.20. The smallest absolute Gasteiger partial charge is 0.181 e. The van der Waals surface area contributed by atoms with Crippen molar-refractivity contribution in [3.63, 3.8) is 0 Å². The summed E-state index contributed by atoms with van der Waals surface area (Å²) in [6, 6.07) is 16.6. The van der Waals surface area contributed by atoms with E-state index in [0.717, 1.165) is 39.5 Å². The molecule has 5 rings (SSSR count). The van der Waals surface area contributed by atoms with Gasteiger partial charge in [0, 0.05) is 16.7 Å². The number of nitrogens with zero attached hydrogens (tertiary/aromatic N) is 4. The van der Waals surface area contributed by atoms with E-state index in [9.17, 15) is 0 Å². The normalized spacial score (nSPS) is 15.1. The summed E-state index contributed by atoms with van der Waals surface area (Å²) in [5, 5.41) is 0. The van der Waals surface area contributed by atoms with Gasteiger partial charge in [0.2, 0.25) is 0 Å². The van der Waals surface area contributed by atoms with Crippen LogP contribution in [0.4, 0.5) is 0 Å². The molecule has 1 aliphatic heterocycles. The van der Waals surface area contributed by atoms with Gasteiger partial charge in [-0.05, 0) is 25.1 Å². The van der Waals surface area contributed by atoms with Crippen molar-refractivity contribution >= 4 is 13.8 Å². The van der Waals surface area contributed by atoms with E-state index < -0.39 is 8.07 Å². The number of oxazole rings is 1. The van der Waals surface area contributed by atoms with Crippen molar-refractivity contribution in [2.24, 2.45) is 4.99 Å². The van der Waals surface area contributed by atoms with Crippen molar-refractivity contribution in [1.82, 2.24) is 14.5 Å². The molecule has 6 heteroatoms. The number of fused-ring (bicyclic) bond motifs is 3. The molecule has 0 spiro atoms. The highest BCUT2D eigenvalue weighted by molar-refractivity contribution is 6.83. The summed E-state index contributed by atoms with van der Waals surface area (Å²) in [4.78, 5) is 13.9. The number of imidazole rings is 1. The highest BCUT2D eigenvalue weighted by atomic mass is 28.3. The van der Waals surface area contributed by atoms with Crippen molar-refractivity contribution < 1.29 is 4.42 Å². The molecule has 32 heavy (non-hydrogen) atoms. The zero-order chi connectivity index (χ0) is 22.3. The molecule has 0 radical (unpaired) electrons. The summed E-state index contributed by atoms with van der Waals surface area (Å²) < 4.78 is 7.68. The maximum Gasteiger partial charge on any atom is 0.181 e. The number of rotatable bonds is 2. The summed E-state index contributed by atoms with van der Waals surface area (Å²) in [6.07, 6.45) is 4.97. The Morgan fingerprint density at radius 3 is 2.59 bits per heavy atom. The van der Waals surface area contributed by atoms with Crippen LogP contribution in [0.2, 0.25) is 19.6 Å². The SMILES string of the molecule is C[C@H]1N=C(c2ccccc2)c2cc(C#C[Si](C)(C)C)ccc2-n2cnc(-c3cnco3)c21. The summed E-state index contributed by atoms with van der Waals surface area (Å²) in [5.41, 5.74) is 10.3. The molecule has 0 bridgehead atoms. The predicted molar refractivity (Wildman–Crippen MR) is 130 cm³/mol. The molecule has 1 aliphatic rings. The van der Waals surface area contributed by atoms with Gasteiger partial charge in [0.1, 0.15) is 20.1 Å². The number of hydrogen-bond acceptors (Lipinski definition) is 4. The van der Waals surface area contributed by atoms with Crippen LogP contribution in [0.5, 0.6) is 0 Å². The number of benzene rings is 2. The summed E-state index contributed by atoms with van der Waals surface area (Å²) in [6.45, 7) is 8.86. The van der Waals surface area contributed by atoms with Crippen LogP contribution in [0.15, 0.2) is 76.9 Å². The van der Waals surface area contributed by atoms with E-state index in [1.165, 1.54) is 6.39 Å². The molecule has 158 valence electrons. The Morgan fingerprint density at radius 1 is 1.06 bits per heavy atom. The predicted octanol–water partition coefficient (Wildman–Crippen LogP) is 5.67. The van der Waals surface area contributed by atoms with Gasteiger partial charge in [-0.2, -0.15) is 0 Å². The molecule has 0 unspecified atom stereocenters. The lowest BCUT2D eigenvalue weighted by molar-refractivity contribution is 0.568. The Labute approximate surface area is 188 Å². The van der Waals surface area contributed by atoms with Crippen LogP contribution >= 0.6 is 0 Å². The molecule has 0 amide bonds. The molecule has 1 atom stereocenters. The van der Waals surface area contributed by atoms with E-state index in [4.69, 9.17) is 9.41 Å². The molecule has 0 N–H and O–H groups in total. The third-order valence-electron chi connectivity index (χ3n) is 5.33. The first-order chi connectivity index (χ1) is 15.4. The molecule has 2 aromatic heterocycles. The van der Waals surface area contributed by atoms with Gasteiger partial charge >= 0.3 is 0 Å². The Bertz CT molecular complexity index is 1370. The Hall–Kier alpha value is -3.69. The van der Waals surface area contributed by atoms with Crippen LogP contribution in [0.1, 0.15) is 35.3 Å². The molecule has 4 aromatic rings.